The second-order valence-corrected chi connectivity index (χ2v) is 14.8. The zero-order valence-corrected chi connectivity index (χ0v) is 26.9. The van der Waals surface area contributed by atoms with Gasteiger partial charge in [-0.15, -0.1) is 0 Å². The molecule has 2 aromatic heterocycles. The quantitative estimate of drug-likeness (QED) is 0.279. The number of phenolic OH excluding ortho intramolecular Hbond substituents is 1. The Morgan fingerprint density at radius 2 is 1.96 bits per heavy atom. The summed E-state index contributed by atoms with van der Waals surface area (Å²) in [5.74, 6) is -1.19. The van der Waals surface area contributed by atoms with Crippen molar-refractivity contribution in [2.24, 2.45) is 5.14 Å². The van der Waals surface area contributed by atoms with Crippen molar-refractivity contribution in [1.29, 1.82) is 0 Å². The number of halogens is 3. The van der Waals surface area contributed by atoms with Gasteiger partial charge in [-0.05, 0) is 73.2 Å². The molecule has 250 valence electrons. The number of aromatic nitrogens is 3. The lowest BCUT2D eigenvalue weighted by molar-refractivity contribution is 0.107. The first kappa shape index (κ1) is 31.8. The molecule has 47 heavy (non-hydrogen) atoms. The minimum absolute atomic E-state index is 0.0331. The average Bonchev–Trinajstić information content (AvgIpc) is 3.42. The molecular formula is C33H37F3N6O4S. The summed E-state index contributed by atoms with van der Waals surface area (Å²) in [6.45, 7) is 3.45. The van der Waals surface area contributed by atoms with E-state index in [9.17, 15) is 22.3 Å². The van der Waals surface area contributed by atoms with Crippen LogP contribution in [-0.4, -0.2) is 83.1 Å². The van der Waals surface area contributed by atoms with Gasteiger partial charge in [-0.2, -0.15) is 9.97 Å². The molecule has 3 fully saturated rings. The topological polar surface area (TPSA) is 135 Å². The lowest BCUT2D eigenvalue weighted by Crippen LogP contribution is -2.43. The van der Waals surface area contributed by atoms with Crippen LogP contribution in [0.15, 0.2) is 30.5 Å². The summed E-state index contributed by atoms with van der Waals surface area (Å²) in [5, 5.41) is 16.5. The number of pyridine rings is 1. The predicted octanol–water partition coefficient (Wildman–Crippen LogP) is 4.99. The van der Waals surface area contributed by atoms with Crippen LogP contribution < -0.4 is 14.8 Å². The smallest absolute Gasteiger partial charge is 0.319 e. The molecule has 10 nitrogen and oxygen atoms in total. The molecule has 0 saturated carbocycles. The predicted molar refractivity (Wildman–Crippen MR) is 173 cm³/mol. The van der Waals surface area contributed by atoms with Crippen LogP contribution in [0.1, 0.15) is 51.0 Å². The normalized spacial score (nSPS) is 23.8. The maximum Gasteiger partial charge on any atom is 0.319 e. The average molecular weight is 671 g/mol. The molecule has 4 aromatic rings. The number of alkyl halides is 1. The maximum atomic E-state index is 16.9. The van der Waals surface area contributed by atoms with Crippen LogP contribution in [0.5, 0.6) is 11.8 Å². The van der Waals surface area contributed by atoms with Gasteiger partial charge in [-0.3, -0.25) is 9.88 Å². The molecule has 0 aliphatic carbocycles. The number of aromatic hydroxyl groups is 1. The van der Waals surface area contributed by atoms with Gasteiger partial charge in [-0.25, -0.2) is 26.7 Å². The molecule has 2 aromatic carbocycles. The summed E-state index contributed by atoms with van der Waals surface area (Å²) in [7, 11) is -3.88. The Labute approximate surface area is 270 Å². The lowest BCUT2D eigenvalue weighted by Gasteiger charge is -2.31. The largest absolute Gasteiger partial charge is 0.508 e. The third kappa shape index (κ3) is 5.73. The zero-order valence-electron chi connectivity index (χ0n) is 26.1. The summed E-state index contributed by atoms with van der Waals surface area (Å²) in [4.78, 5) is 17.5. The Balaban J connectivity index is 1.39. The van der Waals surface area contributed by atoms with Crippen molar-refractivity contribution in [2.45, 2.75) is 68.8 Å². The Morgan fingerprint density at radius 3 is 2.74 bits per heavy atom. The van der Waals surface area contributed by atoms with Crippen molar-refractivity contribution in [3.63, 3.8) is 0 Å². The zero-order chi connectivity index (χ0) is 33.1. The third-order valence-corrected chi connectivity index (χ3v) is 11.3. The lowest BCUT2D eigenvalue weighted by atomic mass is 9.94. The van der Waals surface area contributed by atoms with Crippen molar-refractivity contribution < 1.29 is 31.4 Å². The summed E-state index contributed by atoms with van der Waals surface area (Å²) in [6, 6.07) is 5.54. The molecule has 5 heterocycles. The van der Waals surface area contributed by atoms with Gasteiger partial charge in [0.05, 0.1) is 16.2 Å². The highest BCUT2D eigenvalue weighted by Crippen LogP contribution is 2.42. The highest BCUT2D eigenvalue weighted by molar-refractivity contribution is 7.89. The number of primary sulfonamides is 1. The molecule has 3 aliphatic heterocycles. The molecule has 7 rings (SSSR count). The third-order valence-electron chi connectivity index (χ3n) is 10.0. The molecule has 3 N–H and O–H groups in total. The van der Waals surface area contributed by atoms with Crippen LogP contribution in [0.2, 0.25) is 0 Å². The molecule has 0 radical (unpaired) electrons. The van der Waals surface area contributed by atoms with Crippen LogP contribution in [0, 0.1) is 11.6 Å². The van der Waals surface area contributed by atoms with Crippen LogP contribution in [-0.2, 0) is 16.4 Å². The summed E-state index contributed by atoms with van der Waals surface area (Å²) >= 11 is 0. The van der Waals surface area contributed by atoms with Gasteiger partial charge >= 0.3 is 6.01 Å². The number of ether oxygens (including phenoxy) is 1. The number of fused-ring (bicyclic) bond motifs is 3. The van der Waals surface area contributed by atoms with Crippen LogP contribution >= 0.6 is 0 Å². The van der Waals surface area contributed by atoms with E-state index in [4.69, 9.17) is 9.88 Å². The highest BCUT2D eigenvalue weighted by Gasteiger charge is 2.49. The Kier molecular flexibility index (Phi) is 8.16. The maximum absolute atomic E-state index is 16.9. The van der Waals surface area contributed by atoms with E-state index in [0.29, 0.717) is 61.5 Å². The number of hydrogen-bond donors (Lipinski definition) is 2. The fraction of sp³-hybridized carbons (Fsp3) is 0.485. The van der Waals surface area contributed by atoms with Gasteiger partial charge in [0.15, 0.2) is 5.82 Å². The van der Waals surface area contributed by atoms with Gasteiger partial charge in [0.2, 0.25) is 10.0 Å². The molecule has 0 spiro atoms. The molecular weight excluding hydrogens is 633 g/mol. The highest BCUT2D eigenvalue weighted by atomic mass is 32.2. The summed E-state index contributed by atoms with van der Waals surface area (Å²) in [5.41, 5.74) is -0.240. The van der Waals surface area contributed by atoms with E-state index < -0.39 is 38.6 Å². The monoisotopic (exact) mass is 670 g/mol. The molecule has 14 heteroatoms. The first-order chi connectivity index (χ1) is 22.5. The number of benzene rings is 2. The minimum atomic E-state index is -3.88. The van der Waals surface area contributed by atoms with E-state index in [1.54, 1.807) is 11.8 Å². The summed E-state index contributed by atoms with van der Waals surface area (Å²) < 4.78 is 77.3. The molecule has 3 saturated heterocycles. The van der Waals surface area contributed by atoms with E-state index >= 15 is 4.39 Å². The second-order valence-electron chi connectivity index (χ2n) is 13.0. The number of sulfonamides is 1. The van der Waals surface area contributed by atoms with Gasteiger partial charge in [0.25, 0.3) is 0 Å². The van der Waals surface area contributed by atoms with Crippen molar-refractivity contribution in [2.75, 3.05) is 37.7 Å². The minimum Gasteiger partial charge on any atom is -0.508 e. The van der Waals surface area contributed by atoms with E-state index in [0.717, 1.165) is 19.4 Å². The van der Waals surface area contributed by atoms with Gasteiger partial charge < -0.3 is 14.7 Å². The number of phenols is 1. The van der Waals surface area contributed by atoms with Crippen LogP contribution in [0.25, 0.3) is 32.9 Å². The number of hydrogen-bond acceptors (Lipinski definition) is 9. The molecule has 3 atom stereocenters. The van der Waals surface area contributed by atoms with Crippen molar-refractivity contribution in [3.05, 3.63) is 47.7 Å². The standard InChI is InChI=1S/C33H37F3N6O4S/c1-2-23-26(35)8-7-19-12-21(43)13-24(27(19)23)29-28(36)30-25(15-38-29)31(41-10-4-3-6-22(17-41)47(37,44)45)40-32(39-30)46-18-33-9-5-11-42(33)16-20(34)14-33/h7-8,12-13,15,20,22,43H,2-6,9-11,14,16-18H2,1H3,(H2,37,44,45)/t20-,22?,33+/m1/s1. The number of anilines is 1. The molecule has 1 unspecified atom stereocenters. The summed E-state index contributed by atoms with van der Waals surface area (Å²) in [6.07, 6.45) is 4.39. The number of rotatable bonds is 7. The Morgan fingerprint density at radius 1 is 1.13 bits per heavy atom. The molecule has 0 amide bonds. The van der Waals surface area contributed by atoms with Crippen molar-refractivity contribution in [3.8, 4) is 23.0 Å². The van der Waals surface area contributed by atoms with Gasteiger partial charge in [-0.1, -0.05) is 19.4 Å². The first-order valence-corrected chi connectivity index (χ1v) is 17.7. The van der Waals surface area contributed by atoms with E-state index in [2.05, 4.69) is 19.9 Å². The fourth-order valence-corrected chi connectivity index (χ4v) is 8.64. The van der Waals surface area contributed by atoms with Crippen LogP contribution in [0.3, 0.4) is 0 Å². The van der Waals surface area contributed by atoms with Gasteiger partial charge in [0.1, 0.15) is 41.4 Å². The SMILES string of the molecule is CCc1c(F)ccc2cc(O)cc(-c3ncc4c(N5CCCCC(S(N)(=O)=O)C5)nc(OC[C@@]56CCCN5C[C@H](F)C6)nc4c3F)c12. The molecule has 3 aliphatic rings. The van der Waals surface area contributed by atoms with E-state index in [1.165, 1.54) is 30.5 Å². The number of nitrogens with two attached hydrogens (primary N) is 1. The Hall–Kier alpha value is -3.75. The van der Waals surface area contributed by atoms with E-state index in [1.807, 2.05) is 0 Å². The first-order valence-electron chi connectivity index (χ1n) is 16.1. The fourth-order valence-electron chi connectivity index (χ4n) is 7.76. The number of aryl methyl sites for hydroxylation is 1. The number of nitrogens with zero attached hydrogens (tertiary/aromatic N) is 5. The van der Waals surface area contributed by atoms with Crippen molar-refractivity contribution in [1.82, 2.24) is 19.9 Å². The second kappa shape index (κ2) is 12.0. The molecule has 0 bridgehead atoms. The van der Waals surface area contributed by atoms with Crippen LogP contribution in [0.4, 0.5) is 19.0 Å². The van der Waals surface area contributed by atoms with E-state index in [-0.39, 0.29) is 52.9 Å². The van der Waals surface area contributed by atoms with Gasteiger partial charge in [0, 0.05) is 37.8 Å². The Bertz CT molecular complexity index is 1980. The van der Waals surface area contributed by atoms with Crippen molar-refractivity contribution >= 4 is 37.5 Å².